The number of aromatic nitrogens is 1. The maximum atomic E-state index is 14.2. The minimum atomic E-state index is 0. The summed E-state index contributed by atoms with van der Waals surface area (Å²) in [4.78, 5) is 18.7. The Labute approximate surface area is 245 Å². The lowest BCUT2D eigenvalue weighted by molar-refractivity contribution is 0.0562. The second-order valence-corrected chi connectivity index (χ2v) is 10.7. The number of amides is 1. The molecule has 0 spiro atoms. The Kier molecular flexibility index (Phi) is 14.0. The molecule has 2 fully saturated rings. The molecular weight excluding hydrogens is 547 g/mol. The number of nitrogens with zero attached hydrogens (tertiary/aromatic N) is 3. The molecule has 216 valence electrons. The van der Waals surface area contributed by atoms with Crippen LogP contribution in [0.5, 0.6) is 5.75 Å². The van der Waals surface area contributed by atoms with E-state index in [0.717, 1.165) is 75.1 Å². The Hall–Kier alpha value is -1.22. The van der Waals surface area contributed by atoms with Crippen LogP contribution in [0.1, 0.15) is 62.9 Å². The number of likely N-dealkylation sites (tertiary alicyclic amines) is 1. The van der Waals surface area contributed by atoms with E-state index < -0.39 is 0 Å². The molecule has 1 aromatic carbocycles. The first-order valence-electron chi connectivity index (χ1n) is 13.7. The predicted molar refractivity (Wildman–Crippen MR) is 161 cm³/mol. The molecule has 2 aromatic rings. The van der Waals surface area contributed by atoms with Gasteiger partial charge in [-0.1, -0.05) is 23.7 Å². The van der Waals surface area contributed by atoms with Gasteiger partial charge in [-0.3, -0.25) is 9.69 Å². The fourth-order valence-corrected chi connectivity index (χ4v) is 6.04. The Bertz CT molecular complexity index is 1000. The molecule has 2 aliphatic rings. The van der Waals surface area contributed by atoms with Crippen molar-refractivity contribution < 1.29 is 14.3 Å². The minimum Gasteiger partial charge on any atom is -0.490 e. The van der Waals surface area contributed by atoms with Crippen molar-refractivity contribution in [2.24, 2.45) is 0 Å². The van der Waals surface area contributed by atoms with E-state index in [1.165, 1.54) is 12.8 Å². The number of unbranched alkanes of at least 4 members (excludes halogenated alkanes) is 1. The predicted octanol–water partition coefficient (Wildman–Crippen LogP) is 5.64. The summed E-state index contributed by atoms with van der Waals surface area (Å²) in [5, 5.41) is 4.88. The second kappa shape index (κ2) is 16.1. The molecule has 0 aliphatic carbocycles. The minimum absolute atomic E-state index is 0. The fraction of sp³-hybridized carbons (Fsp3) is 0.679. The number of carbonyl (C=O) groups excluding carboxylic acids is 1. The number of piperidine rings is 1. The third kappa shape index (κ3) is 7.70. The number of para-hydroxylation sites is 1. The number of hydrogen-bond acceptors (Lipinski definition) is 5. The summed E-state index contributed by atoms with van der Waals surface area (Å²) in [7, 11) is 1.72. The van der Waals surface area contributed by atoms with E-state index in [2.05, 4.69) is 28.6 Å². The number of rotatable bonds is 12. The molecule has 3 heterocycles. The molecule has 38 heavy (non-hydrogen) atoms. The Morgan fingerprint density at radius 3 is 2.55 bits per heavy atom. The molecule has 0 saturated carbocycles. The quantitative estimate of drug-likeness (QED) is 0.324. The normalized spacial score (nSPS) is 17.9. The lowest BCUT2D eigenvalue weighted by Crippen LogP contribution is -2.52. The molecule has 4 rings (SSSR count). The van der Waals surface area contributed by atoms with Gasteiger partial charge in [0.05, 0.1) is 10.5 Å². The van der Waals surface area contributed by atoms with Gasteiger partial charge in [0.15, 0.2) is 0 Å². The molecule has 2 saturated heterocycles. The fourth-order valence-electron chi connectivity index (χ4n) is 5.71. The highest BCUT2D eigenvalue weighted by atomic mass is 35.5. The maximum absolute atomic E-state index is 14.2. The van der Waals surface area contributed by atoms with Gasteiger partial charge in [-0.2, -0.15) is 0 Å². The lowest BCUT2D eigenvalue weighted by Gasteiger charge is -2.38. The van der Waals surface area contributed by atoms with Gasteiger partial charge in [0.1, 0.15) is 18.1 Å². The van der Waals surface area contributed by atoms with Crippen molar-refractivity contribution in [3.05, 3.63) is 28.9 Å². The van der Waals surface area contributed by atoms with Gasteiger partial charge in [0.2, 0.25) is 0 Å². The summed E-state index contributed by atoms with van der Waals surface area (Å²) in [6.45, 7) is 11.2. The average Bonchev–Trinajstić information content (AvgIpc) is 3.49. The van der Waals surface area contributed by atoms with E-state index in [9.17, 15) is 4.79 Å². The molecule has 7 nitrogen and oxygen atoms in total. The summed E-state index contributed by atoms with van der Waals surface area (Å²) in [6.07, 6.45) is 6.42. The van der Waals surface area contributed by atoms with Crippen LogP contribution in [0.3, 0.4) is 0 Å². The van der Waals surface area contributed by atoms with Crippen LogP contribution in [0.25, 0.3) is 10.9 Å². The third-order valence-corrected chi connectivity index (χ3v) is 7.87. The van der Waals surface area contributed by atoms with Crippen LogP contribution in [-0.2, 0) is 11.3 Å². The zero-order valence-electron chi connectivity index (χ0n) is 23.0. The summed E-state index contributed by atoms with van der Waals surface area (Å²) in [5.74, 6) is 0.810. The zero-order valence-corrected chi connectivity index (χ0v) is 25.4. The Morgan fingerprint density at radius 2 is 1.89 bits per heavy atom. The van der Waals surface area contributed by atoms with Crippen LogP contribution in [0.15, 0.2) is 18.2 Å². The van der Waals surface area contributed by atoms with E-state index in [4.69, 9.17) is 21.1 Å². The van der Waals surface area contributed by atoms with E-state index in [1.807, 2.05) is 23.1 Å². The number of methoxy groups -OCH3 is 1. The van der Waals surface area contributed by atoms with Crippen LogP contribution >= 0.6 is 36.4 Å². The van der Waals surface area contributed by atoms with Gasteiger partial charge in [-0.05, 0) is 78.1 Å². The number of halogens is 3. The molecular formula is C28H45Cl3N4O3. The standard InChI is InChI=1S/C28H43ClN4O3.2ClH/c1-21(2)33(22-10-9-13-30-20-22)28(34)27-25(29)23-11-8-12-24(36-19-17-31-14-4-5-15-31)26(23)32(27)16-6-7-18-35-3;;/h8,11-12,21-22,30H,4-7,9-10,13-20H2,1-3H3;2*1H/t22-;;/m1../s1. The van der Waals surface area contributed by atoms with Crippen molar-refractivity contribution in [2.75, 3.05) is 53.0 Å². The first-order chi connectivity index (χ1) is 17.5. The highest BCUT2D eigenvalue weighted by Gasteiger charge is 2.33. The largest absolute Gasteiger partial charge is 0.490 e. The van der Waals surface area contributed by atoms with Crippen molar-refractivity contribution in [3.63, 3.8) is 0 Å². The van der Waals surface area contributed by atoms with Gasteiger partial charge in [0.25, 0.3) is 5.91 Å². The molecule has 0 bridgehead atoms. The lowest BCUT2D eigenvalue weighted by atomic mass is 10.0. The molecule has 1 atom stereocenters. The van der Waals surface area contributed by atoms with Gasteiger partial charge < -0.3 is 24.3 Å². The van der Waals surface area contributed by atoms with Gasteiger partial charge in [0, 0.05) is 50.8 Å². The summed E-state index contributed by atoms with van der Waals surface area (Å²) in [5.41, 5.74) is 1.51. The molecule has 1 N–H and O–H groups in total. The van der Waals surface area contributed by atoms with Crippen LogP contribution < -0.4 is 10.1 Å². The Balaban J connectivity index is 0.00000253. The van der Waals surface area contributed by atoms with Gasteiger partial charge in [-0.25, -0.2) is 0 Å². The molecule has 10 heteroatoms. The van der Waals surface area contributed by atoms with Crippen molar-refractivity contribution in [2.45, 2.75) is 71.0 Å². The van der Waals surface area contributed by atoms with Crippen molar-refractivity contribution in [1.29, 1.82) is 0 Å². The van der Waals surface area contributed by atoms with Gasteiger partial charge in [-0.15, -0.1) is 24.8 Å². The molecule has 2 aliphatic heterocycles. The van der Waals surface area contributed by atoms with Crippen LogP contribution in [0.4, 0.5) is 0 Å². The topological polar surface area (TPSA) is 59.0 Å². The SMILES string of the molecule is COCCCCn1c(C(=O)N(C(C)C)[C@@H]2CCCNC2)c(Cl)c2cccc(OCCN3CCCC3)c21.Cl.Cl. The zero-order chi connectivity index (χ0) is 25.5. The van der Waals surface area contributed by atoms with E-state index in [0.29, 0.717) is 30.5 Å². The molecule has 1 aromatic heterocycles. The number of ether oxygens (including phenoxy) is 2. The van der Waals surface area contributed by atoms with E-state index >= 15 is 0 Å². The first kappa shape index (κ1) is 33.0. The average molecular weight is 592 g/mol. The number of aryl methyl sites for hydroxylation is 1. The third-order valence-electron chi connectivity index (χ3n) is 7.48. The smallest absolute Gasteiger partial charge is 0.272 e. The second-order valence-electron chi connectivity index (χ2n) is 10.4. The number of carbonyl (C=O) groups is 1. The first-order valence-corrected chi connectivity index (χ1v) is 14.1. The molecule has 1 amide bonds. The highest BCUT2D eigenvalue weighted by molar-refractivity contribution is 6.39. The maximum Gasteiger partial charge on any atom is 0.272 e. The van der Waals surface area contributed by atoms with Crippen molar-refractivity contribution in [3.8, 4) is 5.75 Å². The number of nitrogens with one attached hydrogen (secondary N) is 1. The van der Waals surface area contributed by atoms with Crippen molar-refractivity contribution >= 4 is 53.2 Å². The highest BCUT2D eigenvalue weighted by Crippen LogP contribution is 2.38. The summed E-state index contributed by atoms with van der Waals surface area (Å²) < 4.78 is 13.7. The van der Waals surface area contributed by atoms with Crippen LogP contribution in [-0.4, -0.2) is 85.4 Å². The van der Waals surface area contributed by atoms with E-state index in [1.54, 1.807) is 7.11 Å². The Morgan fingerprint density at radius 1 is 1.13 bits per heavy atom. The van der Waals surface area contributed by atoms with Crippen molar-refractivity contribution in [1.82, 2.24) is 19.7 Å². The number of benzene rings is 1. The summed E-state index contributed by atoms with van der Waals surface area (Å²) >= 11 is 7.02. The molecule has 0 unspecified atom stereocenters. The summed E-state index contributed by atoms with van der Waals surface area (Å²) in [6, 6.07) is 6.24. The number of fused-ring (bicyclic) bond motifs is 1. The number of hydrogen-bond donors (Lipinski definition) is 1. The van der Waals surface area contributed by atoms with Gasteiger partial charge >= 0.3 is 0 Å². The van der Waals surface area contributed by atoms with Crippen LogP contribution in [0.2, 0.25) is 5.02 Å². The monoisotopic (exact) mass is 590 g/mol. The van der Waals surface area contributed by atoms with Crippen LogP contribution in [0, 0.1) is 0 Å². The molecule has 0 radical (unpaired) electrons. The van der Waals surface area contributed by atoms with E-state index in [-0.39, 0.29) is 42.8 Å².